The van der Waals surface area contributed by atoms with Crippen LogP contribution in [0.4, 0.5) is 28.9 Å². The number of hydrogen-bond donors (Lipinski definition) is 1. The van der Waals surface area contributed by atoms with Gasteiger partial charge in [0.15, 0.2) is 0 Å². The Morgan fingerprint density at radius 1 is 1.09 bits per heavy atom. The Morgan fingerprint density at radius 2 is 1.88 bits per heavy atom. The third kappa shape index (κ3) is 4.34. The van der Waals surface area contributed by atoms with Crippen molar-refractivity contribution in [1.29, 1.82) is 0 Å². The number of anilines is 2. The highest BCUT2D eigenvalue weighted by Gasteiger charge is 2.42. The third-order valence-corrected chi connectivity index (χ3v) is 6.58. The van der Waals surface area contributed by atoms with Crippen molar-refractivity contribution in [2.45, 2.75) is 25.2 Å². The summed E-state index contributed by atoms with van der Waals surface area (Å²) in [5.74, 6) is -0.536. The average molecular weight is 473 g/mol. The molecule has 5 rings (SSSR count). The van der Waals surface area contributed by atoms with Crippen LogP contribution in [0.1, 0.15) is 16.9 Å². The van der Waals surface area contributed by atoms with Crippen LogP contribution in [0.5, 0.6) is 0 Å². The Morgan fingerprint density at radius 3 is 2.59 bits per heavy atom. The first-order valence-corrected chi connectivity index (χ1v) is 11.1. The Kier molecular flexibility index (Phi) is 5.71. The monoisotopic (exact) mass is 473 g/mol. The summed E-state index contributed by atoms with van der Waals surface area (Å²) in [6, 6.07) is 13.2. The van der Waals surface area contributed by atoms with E-state index in [2.05, 4.69) is 10.2 Å². The summed E-state index contributed by atoms with van der Waals surface area (Å²) in [5, 5.41) is 2.88. The quantitative estimate of drug-likeness (QED) is 0.562. The molecule has 9 heteroatoms. The number of rotatable bonds is 4. The van der Waals surface area contributed by atoms with E-state index in [4.69, 9.17) is 4.42 Å². The highest BCUT2D eigenvalue weighted by molar-refractivity contribution is 5.82. The summed E-state index contributed by atoms with van der Waals surface area (Å²) in [6.07, 6.45) is -2.74. The predicted molar refractivity (Wildman–Crippen MR) is 119 cm³/mol. The minimum absolute atomic E-state index is 0.196. The van der Waals surface area contributed by atoms with Crippen molar-refractivity contribution in [1.82, 2.24) is 5.32 Å². The zero-order chi connectivity index (χ0) is 23.9. The lowest BCUT2D eigenvalue weighted by Gasteiger charge is -2.49. The number of benzene rings is 2. The van der Waals surface area contributed by atoms with Crippen molar-refractivity contribution >= 4 is 17.3 Å². The summed E-state index contributed by atoms with van der Waals surface area (Å²) in [7, 11) is 0. The fourth-order valence-corrected chi connectivity index (χ4v) is 4.90. The second kappa shape index (κ2) is 8.70. The van der Waals surface area contributed by atoms with Crippen molar-refractivity contribution in [3.05, 3.63) is 83.6 Å². The SMILES string of the molecule is O=C(NCc1ccco1)C1Cc2cc(C(F)(F)F)ccc2N2CCN(c3ccc(F)cc3)CC12. The lowest BCUT2D eigenvalue weighted by molar-refractivity contribution is -0.137. The van der Waals surface area contributed by atoms with Crippen LogP contribution in [0.3, 0.4) is 0 Å². The minimum Gasteiger partial charge on any atom is -0.467 e. The first-order valence-electron chi connectivity index (χ1n) is 11.1. The van der Waals surface area contributed by atoms with E-state index in [-0.39, 0.29) is 30.7 Å². The molecule has 2 aliphatic rings. The van der Waals surface area contributed by atoms with Crippen LogP contribution in [0.2, 0.25) is 0 Å². The Balaban J connectivity index is 1.45. The Labute approximate surface area is 194 Å². The molecule has 2 atom stereocenters. The molecule has 2 aromatic carbocycles. The van der Waals surface area contributed by atoms with Gasteiger partial charge in [0.2, 0.25) is 5.91 Å². The summed E-state index contributed by atoms with van der Waals surface area (Å²) < 4.78 is 58.8. The van der Waals surface area contributed by atoms with Crippen LogP contribution >= 0.6 is 0 Å². The lowest BCUT2D eigenvalue weighted by atomic mass is 9.82. The standard InChI is InChI=1S/C25H23F4N3O2/c26-18-4-6-19(7-5-18)31-9-10-32-22-8-3-17(25(27,28)29)12-16(22)13-21(23(32)15-31)24(33)30-14-20-2-1-11-34-20/h1-8,11-12,21,23H,9-10,13-15H2,(H,30,33). The molecule has 0 bridgehead atoms. The van der Waals surface area contributed by atoms with Gasteiger partial charge in [-0.15, -0.1) is 0 Å². The van der Waals surface area contributed by atoms with Crippen molar-refractivity contribution in [2.24, 2.45) is 5.92 Å². The zero-order valence-electron chi connectivity index (χ0n) is 18.2. The van der Waals surface area contributed by atoms with E-state index in [9.17, 15) is 22.4 Å². The van der Waals surface area contributed by atoms with Crippen LogP contribution in [0, 0.1) is 11.7 Å². The number of nitrogens with one attached hydrogen (secondary N) is 1. The van der Waals surface area contributed by atoms with Crippen LogP contribution in [0.25, 0.3) is 0 Å². The molecule has 3 aromatic rings. The smallest absolute Gasteiger partial charge is 0.416 e. The van der Waals surface area contributed by atoms with E-state index < -0.39 is 17.7 Å². The topological polar surface area (TPSA) is 48.7 Å². The number of amides is 1. The van der Waals surface area contributed by atoms with Gasteiger partial charge in [0.25, 0.3) is 0 Å². The maximum atomic E-state index is 13.4. The summed E-state index contributed by atoms with van der Waals surface area (Å²) in [6.45, 7) is 1.82. The average Bonchev–Trinajstić information content (AvgIpc) is 3.35. The molecular weight excluding hydrogens is 450 g/mol. The maximum Gasteiger partial charge on any atom is 0.416 e. The molecular formula is C25H23F4N3O2. The maximum absolute atomic E-state index is 13.4. The van der Waals surface area contributed by atoms with E-state index in [0.29, 0.717) is 31.0 Å². The zero-order valence-corrected chi connectivity index (χ0v) is 18.2. The Bertz CT molecular complexity index is 1160. The van der Waals surface area contributed by atoms with Crippen molar-refractivity contribution < 1.29 is 26.8 Å². The molecule has 1 saturated heterocycles. The van der Waals surface area contributed by atoms with Crippen LogP contribution < -0.4 is 15.1 Å². The van der Waals surface area contributed by atoms with Crippen LogP contribution in [-0.4, -0.2) is 31.6 Å². The number of furan rings is 1. The highest BCUT2D eigenvalue weighted by Crippen LogP contribution is 2.40. The molecule has 2 aliphatic heterocycles. The molecule has 3 heterocycles. The van der Waals surface area contributed by atoms with Gasteiger partial charge in [-0.2, -0.15) is 13.2 Å². The van der Waals surface area contributed by atoms with Crippen LogP contribution in [-0.2, 0) is 23.9 Å². The van der Waals surface area contributed by atoms with Crippen LogP contribution in [0.15, 0.2) is 65.3 Å². The number of piperazine rings is 1. The largest absolute Gasteiger partial charge is 0.467 e. The van der Waals surface area contributed by atoms with Gasteiger partial charge in [-0.1, -0.05) is 0 Å². The number of alkyl halides is 3. The first-order chi connectivity index (χ1) is 16.3. The number of hydrogen-bond acceptors (Lipinski definition) is 4. The molecule has 34 heavy (non-hydrogen) atoms. The molecule has 0 saturated carbocycles. The molecule has 1 amide bonds. The van der Waals surface area contributed by atoms with Crippen molar-refractivity contribution in [3.8, 4) is 0 Å². The lowest BCUT2D eigenvalue weighted by Crippen LogP contribution is -2.61. The summed E-state index contributed by atoms with van der Waals surface area (Å²) >= 11 is 0. The summed E-state index contributed by atoms with van der Waals surface area (Å²) in [4.78, 5) is 17.4. The second-order valence-corrected chi connectivity index (χ2v) is 8.63. The van der Waals surface area contributed by atoms with E-state index in [0.717, 1.165) is 23.5 Å². The number of halogens is 4. The van der Waals surface area contributed by atoms with Gasteiger partial charge in [-0.05, 0) is 66.6 Å². The number of carbonyl (C=O) groups is 1. The molecule has 2 unspecified atom stereocenters. The molecule has 5 nitrogen and oxygen atoms in total. The van der Waals surface area contributed by atoms with E-state index >= 15 is 0 Å². The summed E-state index contributed by atoms with van der Waals surface area (Å²) in [5.41, 5.74) is 1.37. The van der Waals surface area contributed by atoms with E-state index in [1.54, 1.807) is 24.3 Å². The van der Waals surface area contributed by atoms with Gasteiger partial charge in [-0.25, -0.2) is 4.39 Å². The van der Waals surface area contributed by atoms with Crippen molar-refractivity contribution in [3.63, 3.8) is 0 Å². The normalized spacial score (nSPS) is 20.0. The van der Waals surface area contributed by atoms with E-state index in [1.165, 1.54) is 24.5 Å². The number of nitrogens with zero attached hydrogens (tertiary/aromatic N) is 2. The van der Waals surface area contributed by atoms with Gasteiger partial charge in [0.1, 0.15) is 11.6 Å². The molecule has 1 aromatic heterocycles. The molecule has 0 aliphatic carbocycles. The molecule has 0 spiro atoms. The minimum atomic E-state index is -4.45. The molecule has 1 fully saturated rings. The van der Waals surface area contributed by atoms with Gasteiger partial charge in [0.05, 0.1) is 30.3 Å². The van der Waals surface area contributed by atoms with Gasteiger partial charge >= 0.3 is 6.18 Å². The fourth-order valence-electron chi connectivity index (χ4n) is 4.90. The highest BCUT2D eigenvalue weighted by atomic mass is 19.4. The van der Waals surface area contributed by atoms with Gasteiger partial charge in [-0.3, -0.25) is 4.79 Å². The van der Waals surface area contributed by atoms with Gasteiger partial charge in [0, 0.05) is 31.0 Å². The first kappa shape index (κ1) is 22.3. The van der Waals surface area contributed by atoms with E-state index in [1.807, 2.05) is 4.90 Å². The molecule has 178 valence electrons. The third-order valence-electron chi connectivity index (χ3n) is 6.58. The van der Waals surface area contributed by atoms with Crippen molar-refractivity contribution in [2.75, 3.05) is 29.4 Å². The molecule has 1 N–H and O–H groups in total. The number of carbonyl (C=O) groups excluding carboxylic acids is 1. The Hall–Kier alpha value is -3.49. The second-order valence-electron chi connectivity index (χ2n) is 8.63. The molecule has 0 radical (unpaired) electrons. The number of fused-ring (bicyclic) bond motifs is 3. The fraction of sp³-hybridized carbons (Fsp3) is 0.320. The van der Waals surface area contributed by atoms with Gasteiger partial charge < -0.3 is 19.5 Å². The predicted octanol–water partition coefficient (Wildman–Crippen LogP) is 4.62.